The summed E-state index contributed by atoms with van der Waals surface area (Å²) in [5.74, 6) is 0.398. The van der Waals surface area contributed by atoms with Crippen LogP contribution in [-0.4, -0.2) is 25.0 Å². The first-order valence-corrected chi connectivity index (χ1v) is 8.08. The molecular weight excluding hydrogens is 276 g/mol. The van der Waals surface area contributed by atoms with Crippen LogP contribution in [0.5, 0.6) is 0 Å². The molecule has 0 unspecified atom stereocenters. The van der Waals surface area contributed by atoms with Gasteiger partial charge in [-0.3, -0.25) is 4.79 Å². The zero-order valence-corrected chi connectivity index (χ0v) is 13.7. The van der Waals surface area contributed by atoms with Crippen molar-refractivity contribution in [2.75, 3.05) is 13.1 Å². The summed E-state index contributed by atoms with van der Waals surface area (Å²) in [5, 5.41) is 6.56. The van der Waals surface area contributed by atoms with Gasteiger partial charge in [-0.25, -0.2) is 4.99 Å². The predicted molar refractivity (Wildman–Crippen MR) is 91.9 cm³/mol. The first kappa shape index (κ1) is 18.0. The van der Waals surface area contributed by atoms with Gasteiger partial charge in [0.2, 0.25) is 5.91 Å². The number of nitrogens with zero attached hydrogens (tertiary/aromatic N) is 1. The van der Waals surface area contributed by atoms with E-state index in [1.165, 1.54) is 19.3 Å². The number of guanidine groups is 1. The number of primary amides is 1. The topological polar surface area (TPSA) is 79.5 Å². The fourth-order valence-corrected chi connectivity index (χ4v) is 2.09. The highest BCUT2D eigenvalue weighted by atomic mass is 16.1. The van der Waals surface area contributed by atoms with Gasteiger partial charge in [0.05, 0.1) is 6.54 Å². The lowest BCUT2D eigenvalue weighted by atomic mass is 10.1. The molecule has 0 spiro atoms. The Balaban J connectivity index is 2.54. The summed E-state index contributed by atoms with van der Waals surface area (Å²) in [6.45, 7) is 6.52. The van der Waals surface area contributed by atoms with Gasteiger partial charge in [-0.15, -0.1) is 0 Å². The third kappa shape index (κ3) is 7.11. The maximum atomic E-state index is 11.2. The predicted octanol–water partition coefficient (Wildman–Crippen LogP) is 2.42. The normalized spacial score (nSPS) is 11.3. The van der Waals surface area contributed by atoms with Crippen LogP contribution < -0.4 is 16.4 Å². The minimum atomic E-state index is -0.410. The highest BCUT2D eigenvalue weighted by Crippen LogP contribution is 2.06. The van der Waals surface area contributed by atoms with Crippen LogP contribution in [0.2, 0.25) is 0 Å². The largest absolute Gasteiger partial charge is 0.366 e. The van der Waals surface area contributed by atoms with E-state index in [0.29, 0.717) is 12.1 Å². The van der Waals surface area contributed by atoms with E-state index >= 15 is 0 Å². The van der Waals surface area contributed by atoms with Crippen molar-refractivity contribution >= 4 is 11.9 Å². The summed E-state index contributed by atoms with van der Waals surface area (Å²) >= 11 is 0. The van der Waals surface area contributed by atoms with Crippen LogP contribution in [0, 0.1) is 0 Å². The Hall–Kier alpha value is -2.04. The number of aliphatic imine (C=N–C) groups is 1. The van der Waals surface area contributed by atoms with Gasteiger partial charge in [0, 0.05) is 18.7 Å². The van der Waals surface area contributed by atoms with E-state index in [2.05, 4.69) is 22.5 Å². The fraction of sp³-hybridized carbons (Fsp3) is 0.529. The second-order valence-electron chi connectivity index (χ2n) is 5.25. The van der Waals surface area contributed by atoms with Crippen LogP contribution in [-0.2, 0) is 6.54 Å². The van der Waals surface area contributed by atoms with Crippen molar-refractivity contribution in [2.24, 2.45) is 10.7 Å². The third-order valence-electron chi connectivity index (χ3n) is 3.30. The Bertz CT molecular complexity index is 485. The number of benzene rings is 1. The molecule has 0 aliphatic heterocycles. The van der Waals surface area contributed by atoms with Gasteiger partial charge in [-0.05, 0) is 31.0 Å². The Morgan fingerprint density at radius 2 is 2.00 bits per heavy atom. The monoisotopic (exact) mass is 304 g/mol. The van der Waals surface area contributed by atoms with Crippen LogP contribution in [0.3, 0.4) is 0 Å². The molecule has 5 nitrogen and oxygen atoms in total. The summed E-state index contributed by atoms with van der Waals surface area (Å²) in [6, 6.07) is 7.28. The average Bonchev–Trinajstić information content (AvgIpc) is 2.52. The van der Waals surface area contributed by atoms with Crippen molar-refractivity contribution in [2.45, 2.75) is 46.1 Å². The van der Waals surface area contributed by atoms with Crippen molar-refractivity contribution in [3.63, 3.8) is 0 Å². The van der Waals surface area contributed by atoms with Gasteiger partial charge in [-0.2, -0.15) is 0 Å². The molecule has 0 aromatic heterocycles. The molecule has 0 saturated carbocycles. The Morgan fingerprint density at radius 3 is 2.68 bits per heavy atom. The van der Waals surface area contributed by atoms with E-state index < -0.39 is 5.91 Å². The van der Waals surface area contributed by atoms with Gasteiger partial charge in [0.15, 0.2) is 5.96 Å². The third-order valence-corrected chi connectivity index (χ3v) is 3.30. The molecule has 0 bridgehead atoms. The van der Waals surface area contributed by atoms with E-state index in [4.69, 9.17) is 5.73 Å². The highest BCUT2D eigenvalue weighted by Gasteiger charge is 2.02. The summed E-state index contributed by atoms with van der Waals surface area (Å²) in [5.41, 5.74) is 6.78. The number of hydrogen-bond acceptors (Lipinski definition) is 2. The summed E-state index contributed by atoms with van der Waals surface area (Å²) in [6.07, 6.45) is 4.90. The number of amides is 1. The molecule has 5 heteroatoms. The Kier molecular flexibility index (Phi) is 8.72. The molecule has 1 aromatic rings. The smallest absolute Gasteiger partial charge is 0.248 e. The summed E-state index contributed by atoms with van der Waals surface area (Å²) in [4.78, 5) is 15.7. The fourth-order valence-electron chi connectivity index (χ4n) is 2.09. The lowest BCUT2D eigenvalue weighted by Gasteiger charge is -2.11. The van der Waals surface area contributed by atoms with Crippen molar-refractivity contribution in [1.29, 1.82) is 0 Å². The zero-order chi connectivity index (χ0) is 16.2. The Labute approximate surface area is 133 Å². The van der Waals surface area contributed by atoms with Gasteiger partial charge in [0.1, 0.15) is 0 Å². The van der Waals surface area contributed by atoms with Gasteiger partial charge >= 0.3 is 0 Å². The minimum Gasteiger partial charge on any atom is -0.366 e. The number of rotatable bonds is 9. The van der Waals surface area contributed by atoms with Crippen molar-refractivity contribution in [1.82, 2.24) is 10.6 Å². The number of carbonyl (C=O) groups is 1. The Morgan fingerprint density at radius 1 is 1.18 bits per heavy atom. The van der Waals surface area contributed by atoms with Gasteiger partial charge < -0.3 is 16.4 Å². The van der Waals surface area contributed by atoms with Crippen LogP contribution >= 0.6 is 0 Å². The molecular formula is C17H28N4O. The minimum absolute atomic E-state index is 0.410. The van der Waals surface area contributed by atoms with Crippen LogP contribution in [0.25, 0.3) is 0 Å². The molecule has 0 radical (unpaired) electrons. The molecule has 4 N–H and O–H groups in total. The van der Waals surface area contributed by atoms with Crippen LogP contribution in [0.1, 0.15) is 55.5 Å². The number of carbonyl (C=O) groups excluding carboxylic acids is 1. The van der Waals surface area contributed by atoms with Crippen LogP contribution in [0.15, 0.2) is 29.3 Å². The second kappa shape index (κ2) is 10.7. The van der Waals surface area contributed by atoms with Crippen molar-refractivity contribution in [3.8, 4) is 0 Å². The molecule has 1 rings (SSSR count). The molecule has 0 atom stereocenters. The van der Waals surface area contributed by atoms with E-state index in [-0.39, 0.29) is 0 Å². The van der Waals surface area contributed by atoms with Gasteiger partial charge in [-0.1, -0.05) is 38.3 Å². The van der Waals surface area contributed by atoms with E-state index in [1.807, 2.05) is 19.1 Å². The van der Waals surface area contributed by atoms with Gasteiger partial charge in [0.25, 0.3) is 0 Å². The summed E-state index contributed by atoms with van der Waals surface area (Å²) < 4.78 is 0. The summed E-state index contributed by atoms with van der Waals surface area (Å²) in [7, 11) is 0. The molecule has 0 heterocycles. The zero-order valence-electron chi connectivity index (χ0n) is 13.7. The maximum Gasteiger partial charge on any atom is 0.248 e. The first-order valence-electron chi connectivity index (χ1n) is 8.08. The van der Waals surface area contributed by atoms with E-state index in [0.717, 1.165) is 31.0 Å². The maximum absolute atomic E-state index is 11.2. The lowest BCUT2D eigenvalue weighted by Crippen LogP contribution is -2.37. The number of nitrogens with one attached hydrogen (secondary N) is 2. The molecule has 0 saturated heterocycles. The molecule has 1 amide bonds. The second-order valence-corrected chi connectivity index (χ2v) is 5.25. The molecule has 1 aromatic carbocycles. The molecule has 122 valence electrons. The molecule has 22 heavy (non-hydrogen) atoms. The lowest BCUT2D eigenvalue weighted by molar-refractivity contribution is 0.1000. The van der Waals surface area contributed by atoms with Crippen molar-refractivity contribution < 1.29 is 4.79 Å². The van der Waals surface area contributed by atoms with Crippen LogP contribution in [0.4, 0.5) is 0 Å². The number of unbranched alkanes of at least 4 members (excludes halogenated alkanes) is 3. The number of hydrogen-bond donors (Lipinski definition) is 3. The molecule has 0 aliphatic carbocycles. The average molecular weight is 304 g/mol. The standard InChI is InChI=1S/C17H28N4O/c1-3-5-6-7-11-20-17(19-4-2)21-13-14-9-8-10-15(12-14)16(18)22/h8-10,12H,3-7,11,13H2,1-2H3,(H2,18,22)(H2,19,20,21). The first-order chi connectivity index (χ1) is 10.7. The van der Waals surface area contributed by atoms with Crippen molar-refractivity contribution in [3.05, 3.63) is 35.4 Å². The number of nitrogens with two attached hydrogens (primary N) is 1. The molecule has 0 aliphatic rings. The van der Waals surface area contributed by atoms with E-state index in [1.54, 1.807) is 12.1 Å². The highest BCUT2D eigenvalue weighted by molar-refractivity contribution is 5.92. The SMILES string of the molecule is CCCCCCNC(=NCc1cccc(C(N)=O)c1)NCC. The quantitative estimate of drug-likeness (QED) is 0.372. The van der Waals surface area contributed by atoms with E-state index in [9.17, 15) is 4.79 Å². The molecule has 0 fully saturated rings.